The fraction of sp³-hybridized carbons (Fsp3) is 0.941. The summed E-state index contributed by atoms with van der Waals surface area (Å²) in [5.74, 6) is 0.813. The van der Waals surface area contributed by atoms with Crippen LogP contribution in [0, 0.1) is 0 Å². The minimum Gasteiger partial charge on any atom is -0.357 e. The summed E-state index contributed by atoms with van der Waals surface area (Å²) in [4.78, 5) is 13.0. The van der Waals surface area contributed by atoms with Crippen molar-refractivity contribution in [2.75, 3.05) is 73.0 Å². The van der Waals surface area contributed by atoms with Crippen LogP contribution in [0.5, 0.6) is 0 Å². The van der Waals surface area contributed by atoms with Gasteiger partial charge in [-0.15, -0.1) is 24.0 Å². The Bertz CT molecular complexity index is 468. The molecule has 0 aromatic heterocycles. The molecule has 0 bridgehead atoms. The van der Waals surface area contributed by atoms with Gasteiger partial charge in [-0.2, -0.15) is 13.2 Å². The van der Waals surface area contributed by atoms with Crippen molar-refractivity contribution in [3.8, 4) is 0 Å². The Hall–Kier alpha value is -0.330. The normalized spacial score (nSPS) is 25.2. The summed E-state index contributed by atoms with van der Waals surface area (Å²) in [7, 11) is 4.24. The maximum Gasteiger partial charge on any atom is 0.403 e. The maximum atomic E-state index is 12.9. The van der Waals surface area contributed by atoms with Crippen LogP contribution in [0.3, 0.4) is 0 Å². The van der Waals surface area contributed by atoms with Crippen molar-refractivity contribution in [3.05, 3.63) is 0 Å². The smallest absolute Gasteiger partial charge is 0.357 e. The van der Waals surface area contributed by atoms with Crippen molar-refractivity contribution < 1.29 is 13.2 Å². The molecule has 2 heterocycles. The number of alkyl halides is 3. The van der Waals surface area contributed by atoms with Gasteiger partial charge in [-0.3, -0.25) is 14.8 Å². The molecule has 0 saturated carbocycles. The lowest BCUT2D eigenvalue weighted by Gasteiger charge is -2.40. The predicted molar refractivity (Wildman–Crippen MR) is 114 cm³/mol. The number of rotatable bonds is 4. The zero-order chi connectivity index (χ0) is 19.3. The Balaban J connectivity index is 0.00000364. The molecule has 2 aliphatic rings. The van der Waals surface area contributed by atoms with Gasteiger partial charge in [0.25, 0.3) is 0 Å². The maximum absolute atomic E-state index is 12.9. The van der Waals surface area contributed by atoms with Crippen molar-refractivity contribution in [3.63, 3.8) is 0 Å². The average molecular weight is 506 g/mol. The van der Waals surface area contributed by atoms with E-state index in [-0.39, 0.29) is 24.0 Å². The highest BCUT2D eigenvalue weighted by Crippen LogP contribution is 2.25. The van der Waals surface area contributed by atoms with Gasteiger partial charge in [0.2, 0.25) is 0 Å². The molecule has 6 nitrogen and oxygen atoms in total. The molecule has 0 aromatic rings. The molecule has 160 valence electrons. The van der Waals surface area contributed by atoms with Crippen LogP contribution >= 0.6 is 24.0 Å². The second kappa shape index (κ2) is 11.0. The first-order chi connectivity index (χ1) is 12.2. The molecule has 2 saturated heterocycles. The second-order valence-electron chi connectivity index (χ2n) is 7.33. The molecule has 1 N–H and O–H groups in total. The van der Waals surface area contributed by atoms with Gasteiger partial charge in [0.15, 0.2) is 5.96 Å². The molecular formula is C17H34F3IN6. The fourth-order valence-corrected chi connectivity index (χ4v) is 3.44. The van der Waals surface area contributed by atoms with E-state index in [0.717, 1.165) is 32.1 Å². The number of halogens is 4. The van der Waals surface area contributed by atoms with Crippen molar-refractivity contribution in [2.45, 2.75) is 32.1 Å². The molecule has 0 radical (unpaired) electrons. The van der Waals surface area contributed by atoms with Gasteiger partial charge in [-0.05, 0) is 27.9 Å². The molecule has 27 heavy (non-hydrogen) atoms. The Kier molecular flexibility index (Phi) is 10.1. The van der Waals surface area contributed by atoms with E-state index in [1.54, 1.807) is 0 Å². The summed E-state index contributed by atoms with van der Waals surface area (Å²) in [6.07, 6.45) is -4.17. The molecule has 0 spiro atoms. The van der Waals surface area contributed by atoms with Crippen molar-refractivity contribution >= 4 is 29.9 Å². The first-order valence-corrected chi connectivity index (χ1v) is 9.45. The molecule has 10 heteroatoms. The molecule has 0 aromatic carbocycles. The van der Waals surface area contributed by atoms with E-state index >= 15 is 0 Å². The van der Waals surface area contributed by atoms with Gasteiger partial charge in [0.05, 0.1) is 6.54 Å². The number of piperazine rings is 2. The summed E-state index contributed by atoms with van der Waals surface area (Å²) < 4.78 is 38.7. The van der Waals surface area contributed by atoms with E-state index in [1.165, 1.54) is 11.8 Å². The average Bonchev–Trinajstić information content (AvgIpc) is 2.60. The van der Waals surface area contributed by atoms with Crippen molar-refractivity contribution in [1.29, 1.82) is 0 Å². The van der Waals surface area contributed by atoms with E-state index < -0.39 is 12.2 Å². The number of likely N-dealkylation sites (N-methyl/N-ethyl adjacent to an activating group) is 2. The van der Waals surface area contributed by atoms with Crippen LogP contribution in [0.2, 0.25) is 0 Å². The zero-order valence-corrected chi connectivity index (χ0v) is 19.1. The Labute approximate surface area is 178 Å². The molecule has 2 atom stereocenters. The lowest BCUT2D eigenvalue weighted by atomic mass is 10.2. The molecule has 2 fully saturated rings. The fourth-order valence-electron chi connectivity index (χ4n) is 3.44. The predicted octanol–water partition coefficient (Wildman–Crippen LogP) is 1.38. The van der Waals surface area contributed by atoms with E-state index in [2.05, 4.69) is 34.1 Å². The summed E-state index contributed by atoms with van der Waals surface area (Å²) in [6.45, 7) is 9.70. The van der Waals surface area contributed by atoms with E-state index in [0.29, 0.717) is 38.8 Å². The SMILES string of the molecule is CCNC(=NCC1CN(C)CCN1C)N1CCN(C(C)C(F)(F)F)CC1.I. The highest BCUT2D eigenvalue weighted by molar-refractivity contribution is 14.0. The number of guanidine groups is 1. The van der Waals surface area contributed by atoms with E-state index in [4.69, 9.17) is 4.99 Å². The highest BCUT2D eigenvalue weighted by Gasteiger charge is 2.41. The van der Waals surface area contributed by atoms with Gasteiger partial charge in [0, 0.05) is 58.4 Å². The van der Waals surface area contributed by atoms with Crippen LogP contribution in [-0.2, 0) is 0 Å². The minimum absolute atomic E-state index is 0. The van der Waals surface area contributed by atoms with E-state index in [9.17, 15) is 13.2 Å². The van der Waals surface area contributed by atoms with E-state index in [1.807, 2.05) is 6.92 Å². The second-order valence-corrected chi connectivity index (χ2v) is 7.33. The summed E-state index contributed by atoms with van der Waals surface area (Å²) >= 11 is 0. The van der Waals surface area contributed by atoms with Crippen molar-refractivity contribution in [2.24, 2.45) is 4.99 Å². The molecule has 2 rings (SSSR count). The summed E-state index contributed by atoms with van der Waals surface area (Å²) in [5, 5.41) is 3.30. The lowest BCUT2D eigenvalue weighted by Crippen LogP contribution is -2.57. The van der Waals surface area contributed by atoms with Crippen LogP contribution in [0.1, 0.15) is 13.8 Å². The Morgan fingerprint density at radius 1 is 1.11 bits per heavy atom. The standard InChI is InChI=1S/C17H33F3N6.HI/c1-5-21-16(22-12-15-13-23(3)6-7-24(15)4)26-10-8-25(9-11-26)14(2)17(18,19)20;/h14-15H,5-13H2,1-4H3,(H,21,22);1H. The third kappa shape index (κ3) is 7.21. The lowest BCUT2D eigenvalue weighted by molar-refractivity contribution is -0.181. The molecule has 0 aliphatic carbocycles. The zero-order valence-electron chi connectivity index (χ0n) is 16.8. The molecular weight excluding hydrogens is 472 g/mol. The van der Waals surface area contributed by atoms with Crippen LogP contribution < -0.4 is 5.32 Å². The molecule has 2 unspecified atom stereocenters. The van der Waals surface area contributed by atoms with Gasteiger partial charge >= 0.3 is 6.18 Å². The molecule has 2 aliphatic heterocycles. The largest absolute Gasteiger partial charge is 0.403 e. The number of nitrogens with zero attached hydrogens (tertiary/aromatic N) is 5. The first-order valence-electron chi connectivity index (χ1n) is 9.45. The van der Waals surface area contributed by atoms with Crippen LogP contribution in [0.15, 0.2) is 4.99 Å². The Morgan fingerprint density at radius 3 is 2.30 bits per heavy atom. The molecule has 0 amide bonds. The quantitative estimate of drug-likeness (QED) is 0.355. The van der Waals surface area contributed by atoms with Crippen LogP contribution in [-0.4, -0.2) is 117 Å². The number of aliphatic imine (C=N–C) groups is 1. The topological polar surface area (TPSA) is 37.4 Å². The van der Waals surface area contributed by atoms with Gasteiger partial charge < -0.3 is 15.1 Å². The van der Waals surface area contributed by atoms with Crippen LogP contribution in [0.4, 0.5) is 13.2 Å². The summed E-state index contributed by atoms with van der Waals surface area (Å²) in [6, 6.07) is -1.02. The number of hydrogen-bond donors (Lipinski definition) is 1. The minimum atomic E-state index is -4.17. The third-order valence-corrected chi connectivity index (χ3v) is 5.40. The monoisotopic (exact) mass is 506 g/mol. The summed E-state index contributed by atoms with van der Waals surface area (Å²) in [5.41, 5.74) is 0. The third-order valence-electron chi connectivity index (χ3n) is 5.40. The number of nitrogens with one attached hydrogen (secondary N) is 1. The van der Waals surface area contributed by atoms with Gasteiger partial charge in [-0.1, -0.05) is 0 Å². The van der Waals surface area contributed by atoms with Gasteiger partial charge in [-0.25, -0.2) is 0 Å². The first kappa shape index (κ1) is 24.7. The van der Waals surface area contributed by atoms with Crippen molar-refractivity contribution in [1.82, 2.24) is 24.9 Å². The highest BCUT2D eigenvalue weighted by atomic mass is 127. The Morgan fingerprint density at radius 2 is 1.74 bits per heavy atom. The number of hydrogen-bond acceptors (Lipinski definition) is 4. The van der Waals surface area contributed by atoms with Crippen LogP contribution in [0.25, 0.3) is 0 Å². The van der Waals surface area contributed by atoms with Gasteiger partial charge in [0.1, 0.15) is 6.04 Å².